The third kappa shape index (κ3) is 4.02. The topological polar surface area (TPSA) is 21.3 Å². The quantitative estimate of drug-likeness (QED) is 0.863. The maximum absolute atomic E-state index is 5.92. The van der Waals surface area contributed by atoms with Gasteiger partial charge in [-0.1, -0.05) is 24.3 Å². The van der Waals surface area contributed by atoms with Crippen LogP contribution in [0.1, 0.15) is 23.6 Å². The zero-order chi connectivity index (χ0) is 14.5. The van der Waals surface area contributed by atoms with Crippen LogP contribution < -0.4 is 10.1 Å². The summed E-state index contributed by atoms with van der Waals surface area (Å²) in [5.41, 5.74) is 4.94. The molecule has 2 rings (SSSR count). The van der Waals surface area contributed by atoms with Crippen molar-refractivity contribution in [2.24, 2.45) is 0 Å². The van der Waals surface area contributed by atoms with E-state index in [-0.39, 0.29) is 6.10 Å². The Balaban J connectivity index is 1.92. The van der Waals surface area contributed by atoms with Gasteiger partial charge < -0.3 is 10.1 Å². The van der Waals surface area contributed by atoms with E-state index >= 15 is 0 Å². The molecule has 2 aromatic rings. The van der Waals surface area contributed by atoms with Gasteiger partial charge >= 0.3 is 0 Å². The summed E-state index contributed by atoms with van der Waals surface area (Å²) in [4.78, 5) is 0. The SMILES string of the molecule is Cc1cccc(OC(C)CNc2cc(C)ccc2C)c1. The Morgan fingerprint density at radius 3 is 2.50 bits per heavy atom. The van der Waals surface area contributed by atoms with Crippen molar-refractivity contribution in [3.63, 3.8) is 0 Å². The smallest absolute Gasteiger partial charge is 0.120 e. The van der Waals surface area contributed by atoms with Crippen molar-refractivity contribution in [2.75, 3.05) is 11.9 Å². The van der Waals surface area contributed by atoms with Gasteiger partial charge in [-0.05, 0) is 62.6 Å². The zero-order valence-electron chi connectivity index (χ0n) is 12.7. The van der Waals surface area contributed by atoms with Gasteiger partial charge in [0.2, 0.25) is 0 Å². The highest BCUT2D eigenvalue weighted by atomic mass is 16.5. The fourth-order valence-corrected chi connectivity index (χ4v) is 2.14. The van der Waals surface area contributed by atoms with Crippen molar-refractivity contribution < 1.29 is 4.74 Å². The van der Waals surface area contributed by atoms with Crippen molar-refractivity contribution in [3.8, 4) is 5.75 Å². The summed E-state index contributed by atoms with van der Waals surface area (Å²) in [6.07, 6.45) is 0.122. The van der Waals surface area contributed by atoms with Gasteiger partial charge in [0.1, 0.15) is 11.9 Å². The van der Waals surface area contributed by atoms with E-state index in [1.807, 2.05) is 12.1 Å². The van der Waals surface area contributed by atoms with Crippen LogP contribution in [0.2, 0.25) is 0 Å². The van der Waals surface area contributed by atoms with Crippen LogP contribution in [0.4, 0.5) is 5.69 Å². The van der Waals surface area contributed by atoms with E-state index in [4.69, 9.17) is 4.74 Å². The molecular weight excluding hydrogens is 246 g/mol. The predicted molar refractivity (Wildman–Crippen MR) is 85.7 cm³/mol. The van der Waals surface area contributed by atoms with E-state index in [1.165, 1.54) is 22.4 Å². The van der Waals surface area contributed by atoms with E-state index < -0.39 is 0 Å². The summed E-state index contributed by atoms with van der Waals surface area (Å²) in [5, 5.41) is 3.46. The second-order valence-corrected chi connectivity index (χ2v) is 5.44. The number of hydrogen-bond acceptors (Lipinski definition) is 2. The molecule has 2 aromatic carbocycles. The summed E-state index contributed by atoms with van der Waals surface area (Å²) in [5.74, 6) is 0.931. The molecule has 0 bridgehead atoms. The van der Waals surface area contributed by atoms with Crippen LogP contribution in [-0.2, 0) is 0 Å². The first-order chi connectivity index (χ1) is 9.54. The first kappa shape index (κ1) is 14.4. The molecule has 0 saturated heterocycles. The summed E-state index contributed by atoms with van der Waals surface area (Å²) < 4.78 is 5.92. The van der Waals surface area contributed by atoms with Crippen molar-refractivity contribution >= 4 is 5.69 Å². The molecule has 2 nitrogen and oxygen atoms in total. The zero-order valence-corrected chi connectivity index (χ0v) is 12.7. The van der Waals surface area contributed by atoms with Crippen LogP contribution in [0.25, 0.3) is 0 Å². The highest BCUT2D eigenvalue weighted by molar-refractivity contribution is 5.52. The van der Waals surface area contributed by atoms with E-state index in [0.717, 1.165) is 12.3 Å². The number of aryl methyl sites for hydroxylation is 3. The molecule has 2 heteroatoms. The van der Waals surface area contributed by atoms with Gasteiger partial charge in [0.25, 0.3) is 0 Å². The van der Waals surface area contributed by atoms with E-state index in [0.29, 0.717) is 0 Å². The Labute approximate surface area is 121 Å². The largest absolute Gasteiger partial charge is 0.489 e. The fourth-order valence-electron chi connectivity index (χ4n) is 2.14. The summed E-state index contributed by atoms with van der Waals surface area (Å²) >= 11 is 0. The average molecular weight is 269 g/mol. The number of nitrogens with one attached hydrogen (secondary N) is 1. The van der Waals surface area contributed by atoms with Crippen LogP contribution in [0, 0.1) is 20.8 Å². The highest BCUT2D eigenvalue weighted by Crippen LogP contribution is 2.17. The number of anilines is 1. The first-order valence-electron chi connectivity index (χ1n) is 7.09. The Morgan fingerprint density at radius 1 is 1.00 bits per heavy atom. The maximum atomic E-state index is 5.92. The number of rotatable bonds is 5. The third-order valence-corrected chi connectivity index (χ3v) is 3.30. The molecular formula is C18H23NO. The normalized spacial score (nSPS) is 12.0. The summed E-state index contributed by atoms with van der Waals surface area (Å²) in [6.45, 7) is 9.18. The van der Waals surface area contributed by atoms with Crippen LogP contribution >= 0.6 is 0 Å². The van der Waals surface area contributed by atoms with Crippen molar-refractivity contribution in [1.29, 1.82) is 0 Å². The van der Waals surface area contributed by atoms with Gasteiger partial charge in [0, 0.05) is 5.69 Å². The lowest BCUT2D eigenvalue weighted by atomic mass is 10.1. The second kappa shape index (κ2) is 6.47. The molecule has 0 aliphatic carbocycles. The minimum absolute atomic E-state index is 0.122. The molecule has 0 spiro atoms. The molecule has 0 aliphatic rings. The standard InChI is InChI=1S/C18H23NO/c1-13-6-5-7-17(10-13)20-16(4)12-19-18-11-14(2)8-9-15(18)3/h5-11,16,19H,12H2,1-4H3. The summed E-state index contributed by atoms with van der Waals surface area (Å²) in [6, 6.07) is 14.6. The van der Waals surface area contributed by atoms with Gasteiger partial charge in [0.15, 0.2) is 0 Å². The molecule has 0 fully saturated rings. The molecule has 0 radical (unpaired) electrons. The molecule has 0 aliphatic heterocycles. The summed E-state index contributed by atoms with van der Waals surface area (Å²) in [7, 11) is 0. The molecule has 106 valence electrons. The van der Waals surface area contributed by atoms with Crippen LogP contribution in [0.15, 0.2) is 42.5 Å². The first-order valence-corrected chi connectivity index (χ1v) is 7.09. The van der Waals surface area contributed by atoms with Crippen LogP contribution in [0.3, 0.4) is 0 Å². The Kier molecular flexibility index (Phi) is 4.67. The fraction of sp³-hybridized carbons (Fsp3) is 0.333. The molecule has 1 N–H and O–H groups in total. The second-order valence-electron chi connectivity index (χ2n) is 5.44. The third-order valence-electron chi connectivity index (χ3n) is 3.30. The molecule has 0 heterocycles. The van der Waals surface area contributed by atoms with Crippen LogP contribution in [-0.4, -0.2) is 12.6 Å². The van der Waals surface area contributed by atoms with E-state index in [1.54, 1.807) is 0 Å². The minimum Gasteiger partial charge on any atom is -0.489 e. The Morgan fingerprint density at radius 2 is 1.75 bits per heavy atom. The predicted octanol–water partition coefficient (Wildman–Crippen LogP) is 4.49. The minimum atomic E-state index is 0.122. The average Bonchev–Trinajstić information content (AvgIpc) is 2.40. The highest BCUT2D eigenvalue weighted by Gasteiger charge is 2.05. The van der Waals surface area contributed by atoms with E-state index in [2.05, 4.69) is 63.3 Å². The van der Waals surface area contributed by atoms with Gasteiger partial charge in [-0.3, -0.25) is 0 Å². The van der Waals surface area contributed by atoms with Gasteiger partial charge in [-0.25, -0.2) is 0 Å². The number of benzene rings is 2. The number of hydrogen-bond donors (Lipinski definition) is 1. The lowest BCUT2D eigenvalue weighted by molar-refractivity contribution is 0.234. The lowest BCUT2D eigenvalue weighted by Gasteiger charge is -2.17. The maximum Gasteiger partial charge on any atom is 0.120 e. The van der Waals surface area contributed by atoms with Gasteiger partial charge in [-0.2, -0.15) is 0 Å². The van der Waals surface area contributed by atoms with E-state index in [9.17, 15) is 0 Å². The Hall–Kier alpha value is -1.96. The van der Waals surface area contributed by atoms with Gasteiger partial charge in [-0.15, -0.1) is 0 Å². The molecule has 20 heavy (non-hydrogen) atoms. The molecule has 1 atom stereocenters. The van der Waals surface area contributed by atoms with Crippen molar-refractivity contribution in [2.45, 2.75) is 33.8 Å². The molecule has 0 amide bonds. The van der Waals surface area contributed by atoms with Crippen molar-refractivity contribution in [1.82, 2.24) is 0 Å². The number of ether oxygens (including phenoxy) is 1. The van der Waals surface area contributed by atoms with Crippen LogP contribution in [0.5, 0.6) is 5.75 Å². The molecule has 0 aromatic heterocycles. The monoisotopic (exact) mass is 269 g/mol. The molecule has 1 unspecified atom stereocenters. The Bertz CT molecular complexity index is 577. The lowest BCUT2D eigenvalue weighted by Crippen LogP contribution is -2.23. The molecule has 0 saturated carbocycles. The van der Waals surface area contributed by atoms with Gasteiger partial charge in [0.05, 0.1) is 6.54 Å². The van der Waals surface area contributed by atoms with Crippen molar-refractivity contribution in [3.05, 3.63) is 59.2 Å².